The smallest absolute Gasteiger partial charge is 0.281 e. The monoisotopic (exact) mass is 822 g/mol. The van der Waals surface area contributed by atoms with E-state index in [9.17, 15) is 25.9 Å². The first-order valence-corrected chi connectivity index (χ1v) is 19.1. The molecule has 0 radical (unpaired) electrons. The average molecular weight is 825 g/mol. The van der Waals surface area contributed by atoms with Crippen LogP contribution < -0.4 is 23.2 Å². The molecular weight excluding hydrogens is 798 g/mol. The van der Waals surface area contributed by atoms with E-state index in [1.807, 2.05) is 0 Å². The van der Waals surface area contributed by atoms with Crippen LogP contribution in [0.1, 0.15) is 33.4 Å². The van der Waals surface area contributed by atoms with E-state index in [1.165, 1.54) is 72.8 Å². The molecule has 0 heterocycles. The summed E-state index contributed by atoms with van der Waals surface area (Å²) in [5.74, 6) is 11.1. The molecule has 14 nitrogen and oxygen atoms in total. The molecule has 0 aliphatic heterocycles. The summed E-state index contributed by atoms with van der Waals surface area (Å²) in [5, 5.41) is 23.1. The van der Waals surface area contributed by atoms with Crippen molar-refractivity contribution in [3.63, 3.8) is 0 Å². The first kappa shape index (κ1) is 37.8. The van der Waals surface area contributed by atoms with Gasteiger partial charge in [-0.15, -0.1) is 0 Å². The number of hydrazone groups is 2. The molecule has 0 amide bonds. The Labute approximate surface area is 316 Å². The number of nitrogens with two attached hydrogens (primary N) is 4. The lowest BCUT2D eigenvalue weighted by Gasteiger charge is -2.43. The Hall–Kier alpha value is -3.94. The topological polar surface area (TPSA) is 285 Å². The number of nitrogens with one attached hydrogen (secondary N) is 2. The molecular formula is C32H26Cl4N8O6S2. The summed E-state index contributed by atoms with van der Waals surface area (Å²) in [4.78, 5) is 0. The zero-order valence-corrected chi connectivity index (χ0v) is 30.8. The summed E-state index contributed by atoms with van der Waals surface area (Å²) < 4.78 is 70.8. The number of halogens is 4. The highest BCUT2D eigenvalue weighted by Gasteiger charge is 2.61. The van der Waals surface area contributed by atoms with E-state index in [0.717, 1.165) is 0 Å². The molecule has 270 valence electrons. The fourth-order valence-corrected chi connectivity index (χ4v) is 11.8. The molecule has 20 heteroatoms. The lowest BCUT2D eigenvalue weighted by Crippen LogP contribution is -2.61. The SMILES string of the molecule is N=C1/C(=N\N)C(N)C(c2c(Cl)cc(-c3cc(Cl)c(C4(S(=O)(=O)O)c5ccccc5C(=N)/C(=N/N)C4N)c(Cl)c3)cc2Cl)(S(=O)(=O)O)c2ccccc21. The van der Waals surface area contributed by atoms with Crippen molar-refractivity contribution in [2.75, 3.05) is 0 Å². The molecule has 0 saturated heterocycles. The molecule has 0 spiro atoms. The van der Waals surface area contributed by atoms with Crippen LogP contribution in [0.25, 0.3) is 11.1 Å². The summed E-state index contributed by atoms with van der Waals surface area (Å²) >= 11 is 27.3. The Kier molecular flexibility index (Phi) is 9.36. The van der Waals surface area contributed by atoms with Gasteiger partial charge in [0.25, 0.3) is 20.2 Å². The van der Waals surface area contributed by atoms with Gasteiger partial charge in [-0.1, -0.05) is 94.9 Å². The molecule has 52 heavy (non-hydrogen) atoms. The van der Waals surface area contributed by atoms with Crippen LogP contribution in [-0.2, 0) is 29.7 Å². The lowest BCUT2D eigenvalue weighted by molar-refractivity contribution is 0.434. The zero-order valence-electron chi connectivity index (χ0n) is 26.1. The molecule has 6 rings (SSSR count). The predicted octanol–water partition coefficient (Wildman–Crippen LogP) is 4.28. The number of benzene rings is 4. The lowest BCUT2D eigenvalue weighted by atomic mass is 9.72. The highest BCUT2D eigenvalue weighted by Crippen LogP contribution is 2.53. The van der Waals surface area contributed by atoms with Crippen molar-refractivity contribution in [1.29, 1.82) is 10.8 Å². The van der Waals surface area contributed by atoms with Gasteiger partial charge in [-0.25, -0.2) is 0 Å². The molecule has 4 atom stereocenters. The highest BCUT2D eigenvalue weighted by atomic mass is 35.5. The first-order chi connectivity index (χ1) is 24.3. The maximum Gasteiger partial charge on any atom is 0.281 e. The van der Waals surface area contributed by atoms with Gasteiger partial charge in [0.2, 0.25) is 0 Å². The Balaban J connectivity index is 1.61. The minimum atomic E-state index is -5.28. The van der Waals surface area contributed by atoms with E-state index < -0.39 is 41.8 Å². The van der Waals surface area contributed by atoms with Gasteiger partial charge in [-0.05, 0) is 46.5 Å². The van der Waals surface area contributed by atoms with Gasteiger partial charge in [0.05, 0.1) is 23.5 Å². The molecule has 0 bridgehead atoms. The van der Waals surface area contributed by atoms with Gasteiger partial charge >= 0.3 is 0 Å². The molecule has 0 fully saturated rings. The second-order valence-corrected chi connectivity index (χ2v) is 16.7. The third kappa shape index (κ3) is 5.05. The van der Waals surface area contributed by atoms with Crippen molar-refractivity contribution in [3.8, 4) is 11.1 Å². The minimum absolute atomic E-state index is 0.0459. The Bertz CT molecular complexity index is 2330. The van der Waals surface area contributed by atoms with E-state index >= 15 is 0 Å². The highest BCUT2D eigenvalue weighted by molar-refractivity contribution is 7.87. The molecule has 2 aliphatic carbocycles. The average Bonchev–Trinajstić information content (AvgIpc) is 3.06. The zero-order chi connectivity index (χ0) is 38.3. The first-order valence-electron chi connectivity index (χ1n) is 14.7. The van der Waals surface area contributed by atoms with Gasteiger partial charge in [0.1, 0.15) is 11.4 Å². The number of fused-ring (bicyclic) bond motifs is 2. The van der Waals surface area contributed by atoms with Gasteiger partial charge in [-0.3, -0.25) is 19.9 Å². The van der Waals surface area contributed by atoms with Crippen LogP contribution in [0.4, 0.5) is 0 Å². The summed E-state index contributed by atoms with van der Waals surface area (Å²) in [5.41, 5.74) is 11.2. The van der Waals surface area contributed by atoms with Crippen molar-refractivity contribution in [2.24, 2.45) is 33.4 Å². The van der Waals surface area contributed by atoms with Gasteiger partial charge < -0.3 is 23.2 Å². The second-order valence-electron chi connectivity index (χ2n) is 11.9. The van der Waals surface area contributed by atoms with Gasteiger partial charge in [0.15, 0.2) is 9.49 Å². The van der Waals surface area contributed by atoms with Crippen LogP contribution in [0.3, 0.4) is 0 Å². The fourth-order valence-electron chi connectivity index (χ4n) is 7.27. The van der Waals surface area contributed by atoms with Crippen molar-refractivity contribution in [2.45, 2.75) is 21.6 Å². The van der Waals surface area contributed by atoms with Crippen LogP contribution in [0.2, 0.25) is 20.1 Å². The van der Waals surface area contributed by atoms with Crippen LogP contribution in [0.15, 0.2) is 83.0 Å². The Morgan fingerprint density at radius 2 is 0.885 bits per heavy atom. The van der Waals surface area contributed by atoms with E-state index in [4.69, 9.17) is 80.4 Å². The molecule has 4 aromatic carbocycles. The summed E-state index contributed by atoms with van der Waals surface area (Å²) in [6.45, 7) is 0. The Morgan fingerprint density at radius 1 is 0.596 bits per heavy atom. The number of rotatable bonds is 5. The van der Waals surface area contributed by atoms with Crippen LogP contribution >= 0.6 is 46.4 Å². The van der Waals surface area contributed by atoms with Gasteiger partial charge in [-0.2, -0.15) is 27.0 Å². The third-order valence-corrected chi connectivity index (χ3v) is 13.6. The predicted molar refractivity (Wildman–Crippen MR) is 202 cm³/mol. The van der Waals surface area contributed by atoms with Crippen LogP contribution in [0, 0.1) is 10.8 Å². The maximum atomic E-state index is 13.5. The van der Waals surface area contributed by atoms with Crippen molar-refractivity contribution in [3.05, 3.63) is 126 Å². The Morgan fingerprint density at radius 3 is 1.15 bits per heavy atom. The number of nitrogens with zero attached hydrogens (tertiary/aromatic N) is 2. The standard InChI is InChI=1S/C32H26Cl4N8O6S2/c33-19-9-13(10-20(34)23(19)31(51(45,46)47)17-7-3-1-5-15(17)25(37)27(43-41)29(31)39)14-11-21(35)24(22(36)12-14)32(52(48,49)50)18-8-4-2-6-16(18)26(38)28(44-42)30(32)40/h1-12,29-30,37-38H,39-42H2,(H,45,46,47)(H,48,49,50)/b37-25?,38-26?,43-27-,44-28+. The molecule has 0 aromatic heterocycles. The molecule has 4 aromatic rings. The second kappa shape index (κ2) is 12.9. The molecule has 12 N–H and O–H groups in total. The third-order valence-electron chi connectivity index (χ3n) is 9.42. The molecule has 2 aliphatic rings. The maximum absolute atomic E-state index is 13.5. The van der Waals surface area contributed by atoms with Crippen LogP contribution in [-0.4, -0.2) is 60.9 Å². The van der Waals surface area contributed by atoms with E-state index in [1.54, 1.807) is 0 Å². The van der Waals surface area contributed by atoms with Gasteiger partial charge in [0, 0.05) is 42.3 Å². The summed E-state index contributed by atoms with van der Waals surface area (Å²) in [6.07, 6.45) is 0. The molecule has 0 saturated carbocycles. The van der Waals surface area contributed by atoms with E-state index in [-0.39, 0.29) is 87.4 Å². The quantitative estimate of drug-likeness (QED) is 0.0803. The van der Waals surface area contributed by atoms with Crippen molar-refractivity contribution in [1.82, 2.24) is 0 Å². The van der Waals surface area contributed by atoms with Crippen molar-refractivity contribution >= 4 is 89.5 Å². The summed E-state index contributed by atoms with van der Waals surface area (Å²) in [7, 11) is -10.6. The van der Waals surface area contributed by atoms with Crippen LogP contribution in [0.5, 0.6) is 0 Å². The van der Waals surface area contributed by atoms with E-state index in [0.29, 0.717) is 0 Å². The van der Waals surface area contributed by atoms with Crippen molar-refractivity contribution < 1.29 is 25.9 Å². The normalized spacial score (nSPS) is 24.9. The largest absolute Gasteiger partial charge is 0.323 e. The fraction of sp³-hybridized carbons (Fsp3) is 0.125. The van der Waals surface area contributed by atoms with E-state index in [2.05, 4.69) is 10.2 Å². The minimum Gasteiger partial charge on any atom is -0.323 e. The summed E-state index contributed by atoms with van der Waals surface area (Å²) in [6, 6.07) is 13.2. The number of hydrogen-bond acceptors (Lipinski definition) is 12. The number of hydrogen-bond donors (Lipinski definition) is 8. The molecule has 4 unspecified atom stereocenters.